The molecule has 3 rings (SSSR count). The Morgan fingerprint density at radius 1 is 1.15 bits per heavy atom. The quantitative estimate of drug-likeness (QED) is 0.771. The number of benzene rings is 2. The molecule has 2 aromatic rings. The Hall–Kier alpha value is -2.54. The van der Waals surface area contributed by atoms with Crippen molar-refractivity contribution >= 4 is 21.6 Å². The molecular weight excluding hydrogens is 364 g/mol. The molecule has 7 heteroatoms. The number of ether oxygens (including phenoxy) is 1. The first-order valence-electron chi connectivity index (χ1n) is 8.84. The fourth-order valence-corrected chi connectivity index (χ4v) is 4.27. The molecule has 1 aliphatic heterocycles. The molecule has 0 aromatic heterocycles. The van der Waals surface area contributed by atoms with E-state index in [-0.39, 0.29) is 5.91 Å². The maximum absolute atomic E-state index is 12.3. The number of nitrogens with one attached hydrogen (secondary N) is 1. The number of rotatable bonds is 6. The van der Waals surface area contributed by atoms with E-state index in [4.69, 9.17) is 4.74 Å². The number of aryl methyl sites for hydroxylation is 2. The summed E-state index contributed by atoms with van der Waals surface area (Å²) in [5.41, 5.74) is 4.33. The summed E-state index contributed by atoms with van der Waals surface area (Å²) >= 11 is 0. The van der Waals surface area contributed by atoms with Gasteiger partial charge in [0.2, 0.25) is 10.0 Å². The van der Waals surface area contributed by atoms with Gasteiger partial charge in [-0.3, -0.25) is 9.10 Å². The van der Waals surface area contributed by atoms with Crippen LogP contribution in [0.4, 0.5) is 5.69 Å². The fraction of sp³-hybridized carbons (Fsp3) is 0.350. The van der Waals surface area contributed by atoms with E-state index in [9.17, 15) is 13.2 Å². The fourth-order valence-electron chi connectivity index (χ4n) is 3.31. The van der Waals surface area contributed by atoms with Crippen LogP contribution in [0.3, 0.4) is 0 Å². The molecular formula is C20H24N2O4S. The lowest BCUT2D eigenvalue weighted by Crippen LogP contribution is -2.28. The predicted molar refractivity (Wildman–Crippen MR) is 106 cm³/mol. The van der Waals surface area contributed by atoms with Crippen molar-refractivity contribution in [3.8, 4) is 5.75 Å². The van der Waals surface area contributed by atoms with Gasteiger partial charge in [-0.2, -0.15) is 0 Å². The van der Waals surface area contributed by atoms with Crippen molar-refractivity contribution in [1.82, 2.24) is 5.32 Å². The van der Waals surface area contributed by atoms with Crippen molar-refractivity contribution in [3.05, 3.63) is 58.7 Å². The first-order valence-corrected chi connectivity index (χ1v) is 10.7. The van der Waals surface area contributed by atoms with Gasteiger partial charge in [-0.15, -0.1) is 0 Å². The first-order chi connectivity index (χ1) is 12.7. The van der Waals surface area contributed by atoms with Crippen LogP contribution in [0.15, 0.2) is 36.4 Å². The van der Waals surface area contributed by atoms with Crippen LogP contribution >= 0.6 is 0 Å². The van der Waals surface area contributed by atoms with E-state index < -0.39 is 10.0 Å². The summed E-state index contributed by atoms with van der Waals surface area (Å²) < 4.78 is 30.6. The number of anilines is 1. The summed E-state index contributed by atoms with van der Waals surface area (Å²) in [7, 11) is -3.28. The molecule has 0 radical (unpaired) electrons. The first kappa shape index (κ1) is 19.2. The van der Waals surface area contributed by atoms with Crippen LogP contribution in [0, 0.1) is 13.8 Å². The van der Waals surface area contributed by atoms with Gasteiger partial charge < -0.3 is 10.1 Å². The van der Waals surface area contributed by atoms with Crippen molar-refractivity contribution in [3.63, 3.8) is 0 Å². The molecule has 0 unspecified atom stereocenters. The minimum atomic E-state index is -3.28. The number of sulfonamides is 1. The lowest BCUT2D eigenvalue weighted by atomic mass is 10.1. The van der Waals surface area contributed by atoms with Crippen LogP contribution in [0.2, 0.25) is 0 Å². The van der Waals surface area contributed by atoms with Crippen LogP contribution < -0.4 is 14.4 Å². The van der Waals surface area contributed by atoms with Gasteiger partial charge in [0.1, 0.15) is 12.4 Å². The molecule has 0 atom stereocenters. The van der Waals surface area contributed by atoms with Crippen molar-refractivity contribution in [2.45, 2.75) is 20.3 Å². The Balaban J connectivity index is 1.56. The number of hydrogen-bond acceptors (Lipinski definition) is 4. The van der Waals surface area contributed by atoms with Gasteiger partial charge in [0.05, 0.1) is 18.5 Å². The molecule has 0 aliphatic carbocycles. The van der Waals surface area contributed by atoms with Crippen LogP contribution in [0.25, 0.3) is 0 Å². The van der Waals surface area contributed by atoms with E-state index in [1.54, 1.807) is 18.2 Å². The van der Waals surface area contributed by atoms with Crippen molar-refractivity contribution < 1.29 is 17.9 Å². The monoisotopic (exact) mass is 388 g/mol. The average molecular weight is 388 g/mol. The number of carbonyl (C=O) groups excluding carboxylic acids is 1. The lowest BCUT2D eigenvalue weighted by molar-refractivity contribution is 0.0947. The minimum Gasteiger partial charge on any atom is -0.492 e. The molecule has 0 bridgehead atoms. The number of carbonyl (C=O) groups is 1. The summed E-state index contributed by atoms with van der Waals surface area (Å²) in [5.74, 6) is 0.597. The highest BCUT2D eigenvalue weighted by Crippen LogP contribution is 2.30. The molecule has 27 heavy (non-hydrogen) atoms. The highest BCUT2D eigenvalue weighted by atomic mass is 32.2. The minimum absolute atomic E-state index is 0.195. The Bertz CT molecular complexity index is 950. The average Bonchev–Trinajstić information content (AvgIpc) is 3.01. The van der Waals surface area contributed by atoms with Crippen molar-refractivity contribution in [2.24, 2.45) is 0 Å². The highest BCUT2D eigenvalue weighted by Gasteiger charge is 2.26. The largest absolute Gasteiger partial charge is 0.492 e. The van der Waals surface area contributed by atoms with Crippen molar-refractivity contribution in [1.29, 1.82) is 0 Å². The summed E-state index contributed by atoms with van der Waals surface area (Å²) in [6.07, 6.45) is 1.80. The van der Waals surface area contributed by atoms with E-state index in [0.29, 0.717) is 37.4 Å². The molecule has 1 amide bonds. The second-order valence-corrected chi connectivity index (χ2v) is 8.76. The van der Waals surface area contributed by atoms with Gasteiger partial charge in [-0.05, 0) is 67.3 Å². The Morgan fingerprint density at radius 3 is 2.52 bits per heavy atom. The smallest absolute Gasteiger partial charge is 0.251 e. The predicted octanol–water partition coefficient (Wildman–Crippen LogP) is 2.43. The summed E-state index contributed by atoms with van der Waals surface area (Å²) in [5, 5.41) is 2.84. The number of nitrogens with zero attached hydrogens (tertiary/aromatic N) is 1. The third-order valence-corrected chi connectivity index (χ3v) is 5.63. The van der Waals surface area contributed by atoms with Gasteiger partial charge in [-0.1, -0.05) is 6.07 Å². The zero-order chi connectivity index (χ0) is 19.6. The highest BCUT2D eigenvalue weighted by molar-refractivity contribution is 7.92. The number of amides is 1. The molecule has 144 valence electrons. The standard InChI is InChI=1S/C20H24N2O4S/c1-14-10-15(2)12-18(11-14)26-9-7-21-20(23)17-4-5-19-16(13-17)6-8-22(19)27(3,24)25/h4-5,10-13H,6-9H2,1-3H3,(H,21,23). The third kappa shape index (κ3) is 4.60. The maximum atomic E-state index is 12.3. The Kier molecular flexibility index (Phi) is 5.41. The normalized spacial score (nSPS) is 13.4. The summed E-state index contributed by atoms with van der Waals surface area (Å²) in [4.78, 5) is 12.3. The number of fused-ring (bicyclic) bond motifs is 1. The Morgan fingerprint density at radius 2 is 1.85 bits per heavy atom. The molecule has 1 heterocycles. The van der Waals surface area contributed by atoms with E-state index in [0.717, 1.165) is 22.4 Å². The molecule has 2 aromatic carbocycles. The van der Waals surface area contributed by atoms with E-state index in [1.165, 1.54) is 10.6 Å². The van der Waals surface area contributed by atoms with Gasteiger partial charge in [0.15, 0.2) is 0 Å². The Labute approximate surface area is 160 Å². The van der Waals surface area contributed by atoms with Crippen LogP contribution in [-0.4, -0.2) is 40.3 Å². The van der Waals surface area contributed by atoms with E-state index >= 15 is 0 Å². The van der Waals surface area contributed by atoms with E-state index in [1.807, 2.05) is 26.0 Å². The molecule has 0 saturated heterocycles. The van der Waals surface area contributed by atoms with Gasteiger partial charge in [0, 0.05) is 12.1 Å². The van der Waals surface area contributed by atoms with E-state index in [2.05, 4.69) is 11.4 Å². The topological polar surface area (TPSA) is 75.7 Å². The van der Waals surface area contributed by atoms with Crippen LogP contribution in [0.5, 0.6) is 5.75 Å². The molecule has 0 fully saturated rings. The molecule has 1 N–H and O–H groups in total. The van der Waals surface area contributed by atoms with Gasteiger partial charge >= 0.3 is 0 Å². The van der Waals surface area contributed by atoms with Gasteiger partial charge in [0.25, 0.3) is 5.91 Å². The number of hydrogen-bond donors (Lipinski definition) is 1. The van der Waals surface area contributed by atoms with Gasteiger partial charge in [-0.25, -0.2) is 8.42 Å². The SMILES string of the molecule is Cc1cc(C)cc(OCCNC(=O)c2ccc3c(c2)CCN3S(C)(=O)=O)c1. The zero-order valence-electron chi connectivity index (χ0n) is 15.8. The van der Waals surface area contributed by atoms with Crippen molar-refractivity contribution in [2.75, 3.05) is 30.3 Å². The third-order valence-electron chi connectivity index (χ3n) is 4.45. The summed E-state index contributed by atoms with van der Waals surface area (Å²) in [6.45, 7) is 5.21. The van der Waals surface area contributed by atoms with Crippen LogP contribution in [-0.2, 0) is 16.4 Å². The second kappa shape index (κ2) is 7.60. The molecule has 0 spiro atoms. The summed E-state index contributed by atoms with van der Waals surface area (Å²) in [6, 6.07) is 11.1. The second-order valence-electron chi connectivity index (χ2n) is 6.86. The van der Waals surface area contributed by atoms with Crippen LogP contribution in [0.1, 0.15) is 27.0 Å². The lowest BCUT2D eigenvalue weighted by Gasteiger charge is -2.16. The zero-order valence-corrected chi connectivity index (χ0v) is 16.6. The molecule has 0 saturated carbocycles. The maximum Gasteiger partial charge on any atom is 0.251 e. The molecule has 1 aliphatic rings. The molecule has 6 nitrogen and oxygen atoms in total.